The predicted molar refractivity (Wildman–Crippen MR) is 61.6 cm³/mol. The first-order chi connectivity index (χ1) is 7.42. The maximum Gasteiger partial charge on any atom is 0.323 e. The van der Waals surface area contributed by atoms with Gasteiger partial charge in [-0.05, 0) is 34.2 Å². The molecule has 1 unspecified atom stereocenters. The highest BCUT2D eigenvalue weighted by Gasteiger charge is 2.30. The fourth-order valence-electron chi connectivity index (χ4n) is 1.06. The van der Waals surface area contributed by atoms with Gasteiger partial charge in [0, 0.05) is 6.61 Å². The molecule has 16 heavy (non-hydrogen) atoms. The molecule has 0 aliphatic carbocycles. The molecule has 0 aromatic heterocycles. The SMILES string of the molecule is CNC(C)(CCOCCOC(C)C)C(=O)O. The number of aliphatic carboxylic acids is 1. The van der Waals surface area contributed by atoms with Crippen LogP contribution in [0.15, 0.2) is 0 Å². The van der Waals surface area contributed by atoms with E-state index >= 15 is 0 Å². The fourth-order valence-corrected chi connectivity index (χ4v) is 1.06. The van der Waals surface area contributed by atoms with Crippen LogP contribution in [0.25, 0.3) is 0 Å². The van der Waals surface area contributed by atoms with Crippen LogP contribution in [-0.2, 0) is 14.3 Å². The molecule has 96 valence electrons. The van der Waals surface area contributed by atoms with E-state index in [9.17, 15) is 4.79 Å². The van der Waals surface area contributed by atoms with Crippen molar-refractivity contribution in [3.05, 3.63) is 0 Å². The van der Waals surface area contributed by atoms with Gasteiger partial charge in [0.1, 0.15) is 5.54 Å². The first-order valence-electron chi connectivity index (χ1n) is 5.54. The molecule has 2 N–H and O–H groups in total. The van der Waals surface area contributed by atoms with Gasteiger partial charge in [0.25, 0.3) is 0 Å². The number of carboxylic acid groups (broad SMARTS) is 1. The summed E-state index contributed by atoms with van der Waals surface area (Å²) in [5.41, 5.74) is -0.918. The molecule has 0 aliphatic heterocycles. The molecule has 0 saturated heterocycles. The van der Waals surface area contributed by atoms with Gasteiger partial charge < -0.3 is 19.9 Å². The van der Waals surface area contributed by atoms with Crippen LogP contribution >= 0.6 is 0 Å². The Labute approximate surface area is 97.1 Å². The number of hydrogen-bond donors (Lipinski definition) is 2. The average Bonchev–Trinajstić information content (AvgIpc) is 2.22. The lowest BCUT2D eigenvalue weighted by Crippen LogP contribution is -2.48. The highest BCUT2D eigenvalue weighted by Crippen LogP contribution is 2.09. The van der Waals surface area contributed by atoms with Crippen LogP contribution in [0, 0.1) is 0 Å². The van der Waals surface area contributed by atoms with E-state index in [-0.39, 0.29) is 6.10 Å². The molecule has 0 aromatic rings. The molecule has 0 rings (SSSR count). The third-order valence-corrected chi connectivity index (χ3v) is 2.45. The van der Waals surface area contributed by atoms with Gasteiger partial charge in [0.05, 0.1) is 19.3 Å². The summed E-state index contributed by atoms with van der Waals surface area (Å²) >= 11 is 0. The maximum absolute atomic E-state index is 10.9. The van der Waals surface area contributed by atoms with E-state index in [1.807, 2.05) is 13.8 Å². The largest absolute Gasteiger partial charge is 0.480 e. The number of likely N-dealkylation sites (N-methyl/N-ethyl adjacent to an activating group) is 1. The van der Waals surface area contributed by atoms with Gasteiger partial charge in [0.2, 0.25) is 0 Å². The van der Waals surface area contributed by atoms with Crippen molar-refractivity contribution in [2.24, 2.45) is 0 Å². The molecule has 0 aromatic carbocycles. The van der Waals surface area contributed by atoms with E-state index in [2.05, 4.69) is 5.32 Å². The minimum Gasteiger partial charge on any atom is -0.480 e. The molecule has 0 aliphatic rings. The van der Waals surface area contributed by atoms with Crippen molar-refractivity contribution < 1.29 is 19.4 Å². The van der Waals surface area contributed by atoms with Crippen LogP contribution in [0.5, 0.6) is 0 Å². The second-order valence-electron chi connectivity index (χ2n) is 4.17. The van der Waals surface area contributed by atoms with Crippen LogP contribution in [0.3, 0.4) is 0 Å². The lowest BCUT2D eigenvalue weighted by molar-refractivity contribution is -0.144. The molecule has 0 fully saturated rings. The van der Waals surface area contributed by atoms with Crippen molar-refractivity contribution in [3.8, 4) is 0 Å². The molecular weight excluding hydrogens is 210 g/mol. The Morgan fingerprint density at radius 1 is 1.38 bits per heavy atom. The lowest BCUT2D eigenvalue weighted by atomic mass is 9.99. The van der Waals surface area contributed by atoms with E-state index in [1.165, 1.54) is 0 Å². The van der Waals surface area contributed by atoms with Gasteiger partial charge >= 0.3 is 5.97 Å². The summed E-state index contributed by atoms with van der Waals surface area (Å²) in [6.45, 7) is 7.01. The van der Waals surface area contributed by atoms with Gasteiger partial charge in [0.15, 0.2) is 0 Å². The van der Waals surface area contributed by atoms with E-state index in [0.29, 0.717) is 26.2 Å². The van der Waals surface area contributed by atoms with Gasteiger partial charge in [-0.2, -0.15) is 0 Å². The van der Waals surface area contributed by atoms with Crippen molar-refractivity contribution in [1.82, 2.24) is 5.32 Å². The Kier molecular flexibility index (Phi) is 7.29. The van der Waals surface area contributed by atoms with Crippen LogP contribution in [0.2, 0.25) is 0 Å². The number of carbonyl (C=O) groups is 1. The minimum atomic E-state index is -0.918. The Balaban J connectivity index is 3.61. The average molecular weight is 233 g/mol. The molecule has 0 heterocycles. The zero-order chi connectivity index (χ0) is 12.6. The molecule has 0 saturated carbocycles. The fraction of sp³-hybridized carbons (Fsp3) is 0.909. The van der Waals surface area contributed by atoms with Crippen molar-refractivity contribution in [1.29, 1.82) is 0 Å². The summed E-state index contributed by atoms with van der Waals surface area (Å²) < 4.78 is 10.6. The summed E-state index contributed by atoms with van der Waals surface area (Å²) in [4.78, 5) is 10.9. The van der Waals surface area contributed by atoms with Gasteiger partial charge in [-0.25, -0.2) is 0 Å². The summed E-state index contributed by atoms with van der Waals surface area (Å²) in [7, 11) is 1.63. The van der Waals surface area contributed by atoms with E-state index in [1.54, 1.807) is 14.0 Å². The Hall–Kier alpha value is -0.650. The van der Waals surface area contributed by atoms with Crippen LogP contribution < -0.4 is 5.32 Å². The van der Waals surface area contributed by atoms with Gasteiger partial charge in [-0.1, -0.05) is 0 Å². The summed E-state index contributed by atoms with van der Waals surface area (Å²) in [5.74, 6) is -0.864. The highest BCUT2D eigenvalue weighted by atomic mass is 16.5. The van der Waals surface area contributed by atoms with Crippen molar-refractivity contribution in [2.75, 3.05) is 26.9 Å². The van der Waals surface area contributed by atoms with Crippen LogP contribution in [-0.4, -0.2) is 49.6 Å². The lowest BCUT2D eigenvalue weighted by Gasteiger charge is -2.23. The predicted octanol–water partition coefficient (Wildman–Crippen LogP) is 0.881. The number of nitrogens with one attached hydrogen (secondary N) is 1. The monoisotopic (exact) mass is 233 g/mol. The smallest absolute Gasteiger partial charge is 0.323 e. The second-order valence-corrected chi connectivity index (χ2v) is 4.17. The topological polar surface area (TPSA) is 67.8 Å². The molecule has 0 radical (unpaired) electrons. The van der Waals surface area contributed by atoms with Crippen LogP contribution in [0.4, 0.5) is 0 Å². The Morgan fingerprint density at radius 3 is 2.44 bits per heavy atom. The summed E-state index contributed by atoms with van der Waals surface area (Å²) in [5, 5.41) is 11.7. The number of hydrogen-bond acceptors (Lipinski definition) is 4. The summed E-state index contributed by atoms with van der Waals surface area (Å²) in [6.07, 6.45) is 0.630. The normalized spacial score (nSPS) is 15.1. The molecule has 0 amide bonds. The molecule has 1 atom stereocenters. The standard InChI is InChI=1S/C11H23NO4/c1-9(2)16-8-7-15-6-5-11(3,12-4)10(13)14/h9,12H,5-8H2,1-4H3,(H,13,14). The quantitative estimate of drug-likeness (QED) is 0.579. The van der Waals surface area contributed by atoms with E-state index in [4.69, 9.17) is 14.6 Å². The molecule has 0 bridgehead atoms. The van der Waals surface area contributed by atoms with E-state index in [0.717, 1.165) is 0 Å². The number of carboxylic acids is 1. The van der Waals surface area contributed by atoms with Crippen molar-refractivity contribution >= 4 is 5.97 Å². The van der Waals surface area contributed by atoms with Crippen LogP contribution in [0.1, 0.15) is 27.2 Å². The van der Waals surface area contributed by atoms with Crippen molar-refractivity contribution in [2.45, 2.75) is 38.8 Å². The Bertz CT molecular complexity index is 208. The number of ether oxygens (including phenoxy) is 2. The second kappa shape index (κ2) is 7.60. The minimum absolute atomic E-state index is 0.199. The summed E-state index contributed by atoms with van der Waals surface area (Å²) in [6, 6.07) is 0. The number of rotatable bonds is 9. The third kappa shape index (κ3) is 6.05. The van der Waals surface area contributed by atoms with E-state index < -0.39 is 11.5 Å². The third-order valence-electron chi connectivity index (χ3n) is 2.45. The first-order valence-corrected chi connectivity index (χ1v) is 5.54. The Morgan fingerprint density at radius 2 is 2.00 bits per heavy atom. The first kappa shape index (κ1) is 15.3. The maximum atomic E-state index is 10.9. The van der Waals surface area contributed by atoms with Gasteiger partial charge in [-0.3, -0.25) is 4.79 Å². The van der Waals surface area contributed by atoms with Gasteiger partial charge in [-0.15, -0.1) is 0 Å². The van der Waals surface area contributed by atoms with Crippen molar-refractivity contribution in [3.63, 3.8) is 0 Å². The molecule has 0 spiro atoms. The molecule has 5 heteroatoms. The zero-order valence-electron chi connectivity index (χ0n) is 10.6. The highest BCUT2D eigenvalue weighted by molar-refractivity contribution is 5.78. The zero-order valence-corrected chi connectivity index (χ0v) is 10.6. The molecule has 5 nitrogen and oxygen atoms in total. The molecular formula is C11H23NO4.